The highest BCUT2D eigenvalue weighted by molar-refractivity contribution is 7.86. The number of aryl methyl sites for hydroxylation is 1. The van der Waals surface area contributed by atoms with Gasteiger partial charge >= 0.3 is 0 Å². The Labute approximate surface area is 157 Å². The second-order valence-corrected chi connectivity index (χ2v) is 8.25. The number of ether oxygens (including phenoxy) is 1. The van der Waals surface area contributed by atoms with Gasteiger partial charge in [0.15, 0.2) is 5.82 Å². The summed E-state index contributed by atoms with van der Waals surface area (Å²) in [4.78, 5) is 6.57. The molecule has 0 aromatic carbocycles. The van der Waals surface area contributed by atoms with E-state index in [1.54, 1.807) is 4.52 Å². The van der Waals surface area contributed by atoms with Crippen molar-refractivity contribution in [1.29, 1.82) is 0 Å². The van der Waals surface area contributed by atoms with E-state index in [0.29, 0.717) is 37.7 Å². The van der Waals surface area contributed by atoms with Gasteiger partial charge in [-0.05, 0) is 31.4 Å². The number of hydrogen-bond acceptors (Lipinski definition) is 6. The first-order valence-electron chi connectivity index (χ1n) is 8.35. The molecule has 144 valence electrons. The highest BCUT2D eigenvalue weighted by Gasteiger charge is 2.31. The number of fused-ring (bicyclic) bond motifs is 1. The summed E-state index contributed by atoms with van der Waals surface area (Å²) < 4.78 is 31.8. The summed E-state index contributed by atoms with van der Waals surface area (Å²) in [6, 6.07) is 1.71. The number of halogens is 1. The lowest BCUT2D eigenvalue weighted by molar-refractivity contribution is 0.159. The molecule has 2 aromatic rings. The van der Waals surface area contributed by atoms with Crippen LogP contribution in [0, 0.1) is 6.92 Å². The van der Waals surface area contributed by atoms with Gasteiger partial charge < -0.3 is 9.64 Å². The number of hydrogen-bond donors (Lipinski definition) is 1. The molecule has 1 saturated heterocycles. The van der Waals surface area contributed by atoms with Crippen LogP contribution in [0.2, 0.25) is 5.15 Å². The summed E-state index contributed by atoms with van der Waals surface area (Å²) in [5.41, 5.74) is 1.87. The number of nitrogens with zero attached hydrogens (tertiary/aromatic N) is 5. The van der Waals surface area contributed by atoms with Crippen molar-refractivity contribution >= 4 is 33.1 Å². The second kappa shape index (κ2) is 7.65. The van der Waals surface area contributed by atoms with Crippen LogP contribution in [0.15, 0.2) is 12.4 Å². The van der Waals surface area contributed by atoms with E-state index in [4.69, 9.17) is 21.5 Å². The van der Waals surface area contributed by atoms with Crippen molar-refractivity contribution in [3.8, 4) is 0 Å². The summed E-state index contributed by atoms with van der Waals surface area (Å²) in [7, 11) is -2.23. The lowest BCUT2D eigenvalue weighted by Crippen LogP contribution is -2.50. The molecule has 0 amide bonds. The lowest BCUT2D eigenvalue weighted by Gasteiger charge is -2.37. The van der Waals surface area contributed by atoms with Crippen LogP contribution in [0.3, 0.4) is 0 Å². The van der Waals surface area contributed by atoms with Crippen LogP contribution in [0.4, 0.5) is 5.82 Å². The number of nitrogens with two attached hydrogens (primary N) is 1. The van der Waals surface area contributed by atoms with E-state index < -0.39 is 10.2 Å². The Hall–Kier alpha value is -1.46. The van der Waals surface area contributed by atoms with Gasteiger partial charge in [-0.15, -0.1) is 0 Å². The van der Waals surface area contributed by atoms with E-state index in [-0.39, 0.29) is 12.6 Å². The molecular weight excluding hydrogens is 380 g/mol. The molecule has 2 aromatic heterocycles. The predicted octanol–water partition coefficient (Wildman–Crippen LogP) is 0.812. The fourth-order valence-corrected chi connectivity index (χ4v) is 4.70. The zero-order valence-corrected chi connectivity index (χ0v) is 16.4. The highest BCUT2D eigenvalue weighted by Crippen LogP contribution is 2.29. The van der Waals surface area contributed by atoms with E-state index in [2.05, 4.69) is 15.0 Å². The molecule has 0 atom stereocenters. The SMILES string of the molecule is COCCN(C1CCN(c2ncnn3c(Cl)cc(C)c23)CC1)S(N)(=O)=O. The maximum absolute atomic E-state index is 11.9. The molecule has 1 aliphatic rings. The van der Waals surface area contributed by atoms with Gasteiger partial charge in [0.1, 0.15) is 17.0 Å². The van der Waals surface area contributed by atoms with Gasteiger partial charge in [0.05, 0.1) is 6.61 Å². The van der Waals surface area contributed by atoms with Crippen molar-refractivity contribution in [3.63, 3.8) is 0 Å². The van der Waals surface area contributed by atoms with Gasteiger partial charge in [0, 0.05) is 32.8 Å². The predicted molar refractivity (Wildman–Crippen MR) is 99.7 cm³/mol. The molecule has 0 radical (unpaired) electrons. The summed E-state index contributed by atoms with van der Waals surface area (Å²) in [5, 5.41) is 10.1. The number of anilines is 1. The Balaban J connectivity index is 1.78. The zero-order valence-electron chi connectivity index (χ0n) is 14.8. The number of methoxy groups -OCH3 is 1. The summed E-state index contributed by atoms with van der Waals surface area (Å²) in [5.74, 6) is 0.807. The van der Waals surface area contributed by atoms with Gasteiger partial charge in [0.2, 0.25) is 0 Å². The van der Waals surface area contributed by atoms with Crippen LogP contribution < -0.4 is 10.0 Å². The Bertz CT molecular complexity index is 879. The van der Waals surface area contributed by atoms with Crippen molar-refractivity contribution in [2.45, 2.75) is 25.8 Å². The molecule has 26 heavy (non-hydrogen) atoms. The molecule has 3 heterocycles. The second-order valence-electron chi connectivity index (χ2n) is 6.36. The van der Waals surface area contributed by atoms with Gasteiger partial charge in [0.25, 0.3) is 10.2 Å². The van der Waals surface area contributed by atoms with E-state index in [1.807, 2.05) is 13.0 Å². The first-order chi connectivity index (χ1) is 12.3. The summed E-state index contributed by atoms with van der Waals surface area (Å²) in [6.07, 6.45) is 2.79. The quantitative estimate of drug-likeness (QED) is 0.766. The minimum absolute atomic E-state index is 0.147. The molecule has 3 rings (SSSR count). The van der Waals surface area contributed by atoms with Crippen molar-refractivity contribution < 1.29 is 13.2 Å². The summed E-state index contributed by atoms with van der Waals surface area (Å²) in [6.45, 7) is 3.86. The minimum Gasteiger partial charge on any atom is -0.383 e. The maximum atomic E-state index is 11.9. The fourth-order valence-electron chi connectivity index (χ4n) is 3.46. The van der Waals surface area contributed by atoms with E-state index in [0.717, 1.165) is 16.9 Å². The van der Waals surface area contributed by atoms with Crippen molar-refractivity contribution in [2.75, 3.05) is 38.3 Å². The summed E-state index contributed by atoms with van der Waals surface area (Å²) >= 11 is 6.21. The van der Waals surface area contributed by atoms with Crippen LogP contribution in [0.1, 0.15) is 18.4 Å². The first kappa shape index (κ1) is 19.3. The van der Waals surface area contributed by atoms with E-state index in [9.17, 15) is 8.42 Å². The van der Waals surface area contributed by atoms with Crippen LogP contribution >= 0.6 is 11.6 Å². The average Bonchev–Trinajstić information content (AvgIpc) is 2.89. The normalized spacial score (nSPS) is 16.7. The Morgan fingerprint density at radius 3 is 2.73 bits per heavy atom. The molecule has 11 heteroatoms. The highest BCUT2D eigenvalue weighted by atomic mass is 35.5. The Morgan fingerprint density at radius 2 is 2.12 bits per heavy atom. The third kappa shape index (κ3) is 3.79. The van der Waals surface area contributed by atoms with Crippen molar-refractivity contribution in [1.82, 2.24) is 18.9 Å². The third-order valence-electron chi connectivity index (χ3n) is 4.70. The molecule has 0 saturated carbocycles. The smallest absolute Gasteiger partial charge is 0.277 e. The molecule has 0 unspecified atom stereocenters. The standard InChI is InChI=1S/C15H23ClN6O3S/c1-11-9-13(16)22-14(11)15(18-10-19-22)20-5-3-12(4-6-20)21(7-8-25-2)26(17,23)24/h9-10,12H,3-8H2,1-2H3,(H2,17,23,24). The zero-order chi connectivity index (χ0) is 18.9. The molecule has 1 fully saturated rings. The van der Waals surface area contributed by atoms with Crippen LogP contribution in [0.25, 0.3) is 5.52 Å². The monoisotopic (exact) mass is 402 g/mol. The van der Waals surface area contributed by atoms with Crippen LogP contribution in [-0.4, -0.2) is 66.7 Å². The van der Waals surface area contributed by atoms with Crippen molar-refractivity contribution in [3.05, 3.63) is 23.1 Å². The number of rotatable bonds is 6. The Morgan fingerprint density at radius 1 is 1.42 bits per heavy atom. The lowest BCUT2D eigenvalue weighted by atomic mass is 10.0. The molecule has 2 N–H and O–H groups in total. The van der Waals surface area contributed by atoms with Crippen molar-refractivity contribution in [2.24, 2.45) is 5.14 Å². The largest absolute Gasteiger partial charge is 0.383 e. The van der Waals surface area contributed by atoms with E-state index in [1.165, 1.54) is 17.7 Å². The molecule has 9 nitrogen and oxygen atoms in total. The third-order valence-corrected chi connectivity index (χ3v) is 6.10. The molecule has 1 aliphatic heterocycles. The number of piperidine rings is 1. The van der Waals surface area contributed by atoms with Gasteiger partial charge in [-0.2, -0.15) is 17.8 Å². The molecule has 0 bridgehead atoms. The molecular formula is C15H23ClN6O3S. The maximum Gasteiger partial charge on any atom is 0.277 e. The fraction of sp³-hybridized carbons (Fsp3) is 0.600. The Kier molecular flexibility index (Phi) is 5.68. The molecule has 0 spiro atoms. The minimum atomic E-state index is -3.77. The average molecular weight is 403 g/mol. The topological polar surface area (TPSA) is 106 Å². The first-order valence-corrected chi connectivity index (χ1v) is 10.2. The van der Waals surface area contributed by atoms with Gasteiger partial charge in [-0.1, -0.05) is 11.6 Å². The van der Waals surface area contributed by atoms with Crippen LogP contribution in [-0.2, 0) is 14.9 Å². The molecule has 0 aliphatic carbocycles. The van der Waals surface area contributed by atoms with Crippen LogP contribution in [0.5, 0.6) is 0 Å². The van der Waals surface area contributed by atoms with Gasteiger partial charge in [-0.25, -0.2) is 14.6 Å². The van der Waals surface area contributed by atoms with E-state index >= 15 is 0 Å². The number of aromatic nitrogens is 3. The van der Waals surface area contributed by atoms with Gasteiger partial charge in [-0.3, -0.25) is 0 Å².